The van der Waals surface area contributed by atoms with Crippen LogP contribution in [0.1, 0.15) is 13.8 Å². The molecule has 0 aromatic heterocycles. The van der Waals surface area contributed by atoms with Crippen LogP contribution in [0.2, 0.25) is 0 Å². The van der Waals surface area contributed by atoms with Crippen molar-refractivity contribution in [3.63, 3.8) is 0 Å². The smallest absolute Gasteiger partial charge is 0.302 e. The predicted molar refractivity (Wildman–Crippen MR) is 68.8 cm³/mol. The lowest BCUT2D eigenvalue weighted by atomic mass is 10.3. The number of rotatable bonds is 4. The van der Waals surface area contributed by atoms with E-state index in [1.165, 1.54) is 13.8 Å². The second-order valence-electron chi connectivity index (χ2n) is 3.46. The Morgan fingerprint density at radius 2 is 1.94 bits per heavy atom. The summed E-state index contributed by atoms with van der Waals surface area (Å²) in [6, 6.07) is 7.41. The average molecular weight is 300 g/mol. The van der Waals surface area contributed by atoms with Crippen molar-refractivity contribution in [3.8, 4) is 0 Å². The van der Waals surface area contributed by atoms with E-state index in [0.717, 1.165) is 10.2 Å². The first kappa shape index (κ1) is 13.7. The van der Waals surface area contributed by atoms with E-state index in [2.05, 4.69) is 15.9 Å². The first-order chi connectivity index (χ1) is 8.02. The lowest BCUT2D eigenvalue weighted by Gasteiger charge is -2.22. The third-order valence-electron chi connectivity index (χ3n) is 2.14. The van der Waals surface area contributed by atoms with Crippen LogP contribution in [0.3, 0.4) is 0 Å². The number of esters is 1. The van der Waals surface area contributed by atoms with Crippen molar-refractivity contribution in [1.82, 2.24) is 0 Å². The van der Waals surface area contributed by atoms with Crippen molar-refractivity contribution < 1.29 is 14.3 Å². The van der Waals surface area contributed by atoms with E-state index in [0.29, 0.717) is 6.54 Å². The van der Waals surface area contributed by atoms with Gasteiger partial charge in [0.25, 0.3) is 0 Å². The highest BCUT2D eigenvalue weighted by Gasteiger charge is 2.14. The summed E-state index contributed by atoms with van der Waals surface area (Å²) < 4.78 is 5.67. The maximum atomic E-state index is 11.5. The molecule has 0 saturated heterocycles. The van der Waals surface area contributed by atoms with Crippen LogP contribution >= 0.6 is 15.9 Å². The van der Waals surface area contributed by atoms with Crippen LogP contribution in [0.15, 0.2) is 28.7 Å². The summed E-state index contributed by atoms with van der Waals surface area (Å²) >= 11 is 3.38. The molecule has 0 radical (unpaired) electrons. The van der Waals surface area contributed by atoms with Gasteiger partial charge in [-0.2, -0.15) is 0 Å². The second-order valence-corrected chi connectivity index (χ2v) is 4.32. The van der Waals surface area contributed by atoms with E-state index in [4.69, 9.17) is 4.74 Å². The number of benzene rings is 1. The van der Waals surface area contributed by atoms with Crippen LogP contribution in [-0.4, -0.2) is 25.0 Å². The van der Waals surface area contributed by atoms with Gasteiger partial charge < -0.3 is 9.64 Å². The molecule has 0 aliphatic carbocycles. The molecule has 5 heteroatoms. The van der Waals surface area contributed by atoms with Gasteiger partial charge in [0.15, 0.2) is 0 Å². The Labute approximate surface area is 109 Å². The molecule has 17 heavy (non-hydrogen) atoms. The fourth-order valence-corrected chi connectivity index (χ4v) is 1.90. The van der Waals surface area contributed by atoms with Crippen molar-refractivity contribution in [2.75, 3.05) is 18.1 Å². The molecule has 0 bridgehead atoms. The normalized spacial score (nSPS) is 9.82. The van der Waals surface area contributed by atoms with Crippen LogP contribution in [0.4, 0.5) is 5.69 Å². The van der Waals surface area contributed by atoms with Crippen LogP contribution in [0.25, 0.3) is 0 Å². The van der Waals surface area contributed by atoms with E-state index >= 15 is 0 Å². The van der Waals surface area contributed by atoms with E-state index in [-0.39, 0.29) is 18.5 Å². The highest BCUT2D eigenvalue weighted by Crippen LogP contribution is 2.25. The fraction of sp³-hybridized carbons (Fsp3) is 0.333. The van der Waals surface area contributed by atoms with E-state index in [1.807, 2.05) is 24.3 Å². The van der Waals surface area contributed by atoms with Crippen molar-refractivity contribution in [2.24, 2.45) is 0 Å². The molecule has 1 aromatic carbocycles. The maximum absolute atomic E-state index is 11.5. The zero-order chi connectivity index (χ0) is 12.8. The summed E-state index contributed by atoms with van der Waals surface area (Å²) in [5.74, 6) is -0.440. The van der Waals surface area contributed by atoms with Crippen LogP contribution < -0.4 is 4.90 Å². The molecule has 0 aliphatic rings. The zero-order valence-corrected chi connectivity index (χ0v) is 11.4. The van der Waals surface area contributed by atoms with Gasteiger partial charge in [-0.05, 0) is 28.1 Å². The third-order valence-corrected chi connectivity index (χ3v) is 2.81. The number of hydrogen-bond acceptors (Lipinski definition) is 3. The zero-order valence-electron chi connectivity index (χ0n) is 9.77. The topological polar surface area (TPSA) is 46.6 Å². The Morgan fingerprint density at radius 3 is 2.47 bits per heavy atom. The predicted octanol–water partition coefficient (Wildman–Crippen LogP) is 2.37. The molecule has 0 aliphatic heterocycles. The monoisotopic (exact) mass is 299 g/mol. The highest BCUT2D eigenvalue weighted by molar-refractivity contribution is 9.10. The van der Waals surface area contributed by atoms with Gasteiger partial charge in [0, 0.05) is 18.3 Å². The summed E-state index contributed by atoms with van der Waals surface area (Å²) in [4.78, 5) is 23.8. The molecule has 92 valence electrons. The van der Waals surface area contributed by atoms with Crippen molar-refractivity contribution in [2.45, 2.75) is 13.8 Å². The number of carbonyl (C=O) groups excluding carboxylic acids is 2. The number of amides is 1. The van der Waals surface area contributed by atoms with E-state index < -0.39 is 0 Å². The van der Waals surface area contributed by atoms with Gasteiger partial charge in [0.1, 0.15) is 6.61 Å². The van der Waals surface area contributed by atoms with Crippen molar-refractivity contribution >= 4 is 33.5 Å². The quantitative estimate of drug-likeness (QED) is 0.802. The third kappa shape index (κ3) is 4.19. The molecule has 1 rings (SSSR count). The molecule has 0 heterocycles. The molecule has 0 spiro atoms. The SMILES string of the molecule is CC(=O)OCCN(C(C)=O)c1ccccc1Br. The molecule has 0 saturated carbocycles. The van der Waals surface area contributed by atoms with Gasteiger partial charge in [-0.3, -0.25) is 9.59 Å². The Balaban J connectivity index is 2.76. The number of halogens is 1. The lowest BCUT2D eigenvalue weighted by Crippen LogP contribution is -2.32. The molecule has 1 aromatic rings. The van der Waals surface area contributed by atoms with Gasteiger partial charge in [-0.15, -0.1) is 0 Å². The first-order valence-electron chi connectivity index (χ1n) is 5.18. The summed E-state index contributed by atoms with van der Waals surface area (Å²) in [6.07, 6.45) is 0. The Kier molecular flexibility index (Phi) is 5.15. The average Bonchev–Trinajstić information content (AvgIpc) is 2.25. The number of hydrogen-bond donors (Lipinski definition) is 0. The lowest BCUT2D eigenvalue weighted by molar-refractivity contribution is -0.140. The minimum atomic E-state index is -0.347. The summed E-state index contributed by atoms with van der Waals surface area (Å²) in [7, 11) is 0. The standard InChI is InChI=1S/C12H14BrNO3/c1-9(15)14(7-8-17-10(2)16)12-6-4-3-5-11(12)13/h3-6H,7-8H2,1-2H3. The molecule has 0 atom stereocenters. The van der Waals surface area contributed by atoms with Crippen molar-refractivity contribution in [1.29, 1.82) is 0 Å². The molecular weight excluding hydrogens is 286 g/mol. The summed E-state index contributed by atoms with van der Waals surface area (Å²) in [6.45, 7) is 3.36. The fourth-order valence-electron chi connectivity index (χ4n) is 1.40. The van der Waals surface area contributed by atoms with Gasteiger partial charge >= 0.3 is 5.97 Å². The number of anilines is 1. The Hall–Kier alpha value is -1.36. The molecule has 0 fully saturated rings. The maximum Gasteiger partial charge on any atom is 0.302 e. The second kappa shape index (κ2) is 6.39. The molecule has 1 amide bonds. The Morgan fingerprint density at radius 1 is 1.29 bits per heavy atom. The largest absolute Gasteiger partial charge is 0.464 e. The van der Waals surface area contributed by atoms with Crippen LogP contribution in [-0.2, 0) is 14.3 Å². The summed E-state index contributed by atoms with van der Waals surface area (Å²) in [5.41, 5.74) is 0.771. The Bertz CT molecular complexity index is 420. The van der Waals surface area contributed by atoms with Crippen LogP contribution in [0.5, 0.6) is 0 Å². The molecular formula is C12H14BrNO3. The first-order valence-corrected chi connectivity index (χ1v) is 5.97. The number of ether oxygens (including phenoxy) is 1. The number of nitrogens with zero attached hydrogens (tertiary/aromatic N) is 1. The van der Waals surface area contributed by atoms with Gasteiger partial charge in [0.2, 0.25) is 5.91 Å². The minimum Gasteiger partial charge on any atom is -0.464 e. The van der Waals surface area contributed by atoms with Gasteiger partial charge in [0.05, 0.1) is 12.2 Å². The van der Waals surface area contributed by atoms with Gasteiger partial charge in [-0.1, -0.05) is 12.1 Å². The van der Waals surface area contributed by atoms with E-state index in [1.54, 1.807) is 4.90 Å². The molecule has 0 N–H and O–H groups in total. The van der Waals surface area contributed by atoms with Gasteiger partial charge in [-0.25, -0.2) is 0 Å². The number of carbonyl (C=O) groups is 2. The number of para-hydroxylation sites is 1. The minimum absolute atomic E-state index is 0.0935. The van der Waals surface area contributed by atoms with Crippen LogP contribution in [0, 0.1) is 0 Å². The summed E-state index contributed by atoms with van der Waals surface area (Å²) in [5, 5.41) is 0. The van der Waals surface area contributed by atoms with E-state index in [9.17, 15) is 9.59 Å². The molecule has 4 nitrogen and oxygen atoms in total. The van der Waals surface area contributed by atoms with Crippen molar-refractivity contribution in [3.05, 3.63) is 28.7 Å². The molecule has 0 unspecified atom stereocenters. The highest BCUT2D eigenvalue weighted by atomic mass is 79.9.